The third-order valence-electron chi connectivity index (χ3n) is 3.24. The Balaban J connectivity index is 2.53. The van der Waals surface area contributed by atoms with Crippen molar-refractivity contribution in [2.24, 2.45) is 0 Å². The van der Waals surface area contributed by atoms with Gasteiger partial charge in [0.15, 0.2) is 0 Å². The summed E-state index contributed by atoms with van der Waals surface area (Å²) in [5.74, 6) is 0.552. The van der Waals surface area contributed by atoms with E-state index in [1.807, 2.05) is 12.1 Å². The lowest BCUT2D eigenvalue weighted by atomic mass is 9.95. The summed E-state index contributed by atoms with van der Waals surface area (Å²) in [7, 11) is 0. The van der Waals surface area contributed by atoms with E-state index < -0.39 is 0 Å². The summed E-state index contributed by atoms with van der Waals surface area (Å²) in [4.78, 5) is 0. The Morgan fingerprint density at radius 3 is 2.41 bits per heavy atom. The van der Waals surface area contributed by atoms with Crippen LogP contribution in [0.15, 0.2) is 42.5 Å². The molecule has 0 unspecified atom stereocenters. The summed E-state index contributed by atoms with van der Waals surface area (Å²) in [6.45, 7) is 6.50. The van der Waals surface area contributed by atoms with E-state index in [1.165, 1.54) is 16.7 Å². The number of hydrogen-bond acceptors (Lipinski definition) is 1. The van der Waals surface area contributed by atoms with E-state index in [4.69, 9.17) is 5.73 Å². The third kappa shape index (κ3) is 2.33. The lowest BCUT2D eigenvalue weighted by molar-refractivity contribution is 0.867. The van der Waals surface area contributed by atoms with Crippen LogP contribution in [0.2, 0.25) is 0 Å². The molecule has 0 saturated heterocycles. The zero-order valence-corrected chi connectivity index (χ0v) is 10.7. The Morgan fingerprint density at radius 2 is 1.71 bits per heavy atom. The Hall–Kier alpha value is -1.76. The van der Waals surface area contributed by atoms with Crippen molar-refractivity contribution in [2.75, 3.05) is 5.73 Å². The summed E-state index contributed by atoms with van der Waals surface area (Å²) >= 11 is 0. The lowest BCUT2D eigenvalue weighted by Crippen LogP contribution is -1.93. The first-order chi connectivity index (χ1) is 8.09. The maximum atomic E-state index is 5.96. The molecule has 0 aromatic heterocycles. The lowest BCUT2D eigenvalue weighted by Gasteiger charge is -2.11. The quantitative estimate of drug-likeness (QED) is 0.755. The Bertz CT molecular complexity index is 527. The van der Waals surface area contributed by atoms with Crippen molar-refractivity contribution >= 4 is 5.69 Å². The van der Waals surface area contributed by atoms with Gasteiger partial charge >= 0.3 is 0 Å². The van der Waals surface area contributed by atoms with Gasteiger partial charge < -0.3 is 5.73 Å². The van der Waals surface area contributed by atoms with E-state index in [-0.39, 0.29) is 0 Å². The Labute approximate surface area is 103 Å². The molecule has 2 aromatic rings. The first-order valence-corrected chi connectivity index (χ1v) is 6.05. The van der Waals surface area contributed by atoms with Crippen molar-refractivity contribution in [3.05, 3.63) is 53.6 Å². The van der Waals surface area contributed by atoms with Gasteiger partial charge in [0.25, 0.3) is 0 Å². The van der Waals surface area contributed by atoms with Gasteiger partial charge in [-0.2, -0.15) is 0 Å². The average Bonchev–Trinajstić information content (AvgIpc) is 2.33. The summed E-state index contributed by atoms with van der Waals surface area (Å²) in [6, 6.07) is 14.8. The van der Waals surface area contributed by atoms with E-state index >= 15 is 0 Å². The minimum absolute atomic E-state index is 0.552. The van der Waals surface area contributed by atoms with Gasteiger partial charge in [-0.3, -0.25) is 0 Å². The van der Waals surface area contributed by atoms with Crippen LogP contribution in [-0.2, 0) is 0 Å². The van der Waals surface area contributed by atoms with Gasteiger partial charge in [0.1, 0.15) is 0 Å². The van der Waals surface area contributed by atoms with Crippen LogP contribution < -0.4 is 5.73 Å². The predicted octanol–water partition coefficient (Wildman–Crippen LogP) is 4.37. The molecule has 2 rings (SSSR count). The Morgan fingerprint density at radius 1 is 1.00 bits per heavy atom. The van der Waals surface area contributed by atoms with Gasteiger partial charge in [0.05, 0.1) is 0 Å². The summed E-state index contributed by atoms with van der Waals surface area (Å²) in [6.07, 6.45) is 0. The monoisotopic (exact) mass is 225 g/mol. The van der Waals surface area contributed by atoms with Crippen LogP contribution in [0.4, 0.5) is 5.69 Å². The summed E-state index contributed by atoms with van der Waals surface area (Å²) < 4.78 is 0. The van der Waals surface area contributed by atoms with Crippen molar-refractivity contribution in [3.8, 4) is 11.1 Å². The second kappa shape index (κ2) is 4.62. The molecule has 0 fully saturated rings. The van der Waals surface area contributed by atoms with Crippen molar-refractivity contribution in [1.82, 2.24) is 0 Å². The smallest absolute Gasteiger partial charge is 0.0349 e. The second-order valence-electron chi connectivity index (χ2n) is 4.80. The van der Waals surface area contributed by atoms with Crippen molar-refractivity contribution in [3.63, 3.8) is 0 Å². The standard InChI is InChI=1S/C16H19N/c1-11(2)13-6-4-7-14(10-13)15-8-5-9-16(17)12(15)3/h4-11H,17H2,1-3H3. The van der Waals surface area contributed by atoms with Crippen LogP contribution in [0.25, 0.3) is 11.1 Å². The molecule has 0 heterocycles. The topological polar surface area (TPSA) is 26.0 Å². The van der Waals surface area contributed by atoms with Gasteiger partial charge in [-0.05, 0) is 41.2 Å². The molecule has 88 valence electrons. The maximum Gasteiger partial charge on any atom is 0.0349 e. The molecule has 0 aliphatic heterocycles. The van der Waals surface area contributed by atoms with E-state index in [2.05, 4.69) is 51.1 Å². The Kier molecular flexibility index (Phi) is 3.19. The van der Waals surface area contributed by atoms with Crippen LogP contribution in [0.1, 0.15) is 30.9 Å². The fourth-order valence-electron chi connectivity index (χ4n) is 2.03. The van der Waals surface area contributed by atoms with Crippen LogP contribution >= 0.6 is 0 Å². The second-order valence-corrected chi connectivity index (χ2v) is 4.80. The summed E-state index contributed by atoms with van der Waals surface area (Å²) in [5, 5.41) is 0. The van der Waals surface area contributed by atoms with E-state index in [0.717, 1.165) is 11.3 Å². The molecular formula is C16H19N. The van der Waals surface area contributed by atoms with Gasteiger partial charge in [-0.25, -0.2) is 0 Å². The SMILES string of the molecule is Cc1c(N)cccc1-c1cccc(C(C)C)c1. The highest BCUT2D eigenvalue weighted by Gasteiger charge is 2.06. The molecule has 0 aliphatic rings. The highest BCUT2D eigenvalue weighted by molar-refractivity contribution is 5.73. The minimum atomic E-state index is 0.552. The highest BCUT2D eigenvalue weighted by atomic mass is 14.6. The number of nitrogen functional groups attached to an aromatic ring is 1. The molecule has 1 nitrogen and oxygen atoms in total. The van der Waals surface area contributed by atoms with E-state index in [1.54, 1.807) is 0 Å². The minimum Gasteiger partial charge on any atom is -0.398 e. The van der Waals surface area contributed by atoms with Crippen LogP contribution in [0, 0.1) is 6.92 Å². The fourth-order valence-corrected chi connectivity index (χ4v) is 2.03. The predicted molar refractivity (Wildman–Crippen MR) is 75.1 cm³/mol. The van der Waals surface area contributed by atoms with E-state index in [0.29, 0.717) is 5.92 Å². The fraction of sp³-hybridized carbons (Fsp3) is 0.250. The number of nitrogens with two attached hydrogens (primary N) is 1. The number of rotatable bonds is 2. The molecule has 0 radical (unpaired) electrons. The van der Waals surface area contributed by atoms with Gasteiger partial charge in [0.2, 0.25) is 0 Å². The van der Waals surface area contributed by atoms with Crippen molar-refractivity contribution in [1.29, 1.82) is 0 Å². The van der Waals surface area contributed by atoms with Gasteiger partial charge in [-0.15, -0.1) is 0 Å². The molecule has 0 atom stereocenters. The van der Waals surface area contributed by atoms with Gasteiger partial charge in [0, 0.05) is 5.69 Å². The molecule has 2 aromatic carbocycles. The molecule has 2 N–H and O–H groups in total. The first-order valence-electron chi connectivity index (χ1n) is 6.05. The largest absolute Gasteiger partial charge is 0.398 e. The van der Waals surface area contributed by atoms with Crippen LogP contribution in [0.3, 0.4) is 0 Å². The molecular weight excluding hydrogens is 206 g/mol. The zero-order valence-electron chi connectivity index (χ0n) is 10.7. The van der Waals surface area contributed by atoms with Crippen molar-refractivity contribution < 1.29 is 0 Å². The maximum absolute atomic E-state index is 5.96. The molecule has 0 saturated carbocycles. The van der Waals surface area contributed by atoms with Crippen molar-refractivity contribution in [2.45, 2.75) is 26.7 Å². The molecule has 0 amide bonds. The first kappa shape index (κ1) is 11.7. The summed E-state index contributed by atoms with van der Waals surface area (Å²) in [5.41, 5.74) is 11.8. The molecule has 0 bridgehead atoms. The molecule has 0 spiro atoms. The third-order valence-corrected chi connectivity index (χ3v) is 3.24. The number of hydrogen-bond donors (Lipinski definition) is 1. The molecule has 1 heteroatoms. The van der Waals surface area contributed by atoms with E-state index in [9.17, 15) is 0 Å². The average molecular weight is 225 g/mol. The number of anilines is 1. The molecule has 0 aliphatic carbocycles. The molecule has 17 heavy (non-hydrogen) atoms. The number of benzene rings is 2. The van der Waals surface area contributed by atoms with Crippen LogP contribution in [0.5, 0.6) is 0 Å². The normalized spacial score (nSPS) is 10.8. The zero-order chi connectivity index (χ0) is 12.4. The highest BCUT2D eigenvalue weighted by Crippen LogP contribution is 2.29. The van der Waals surface area contributed by atoms with Crippen LogP contribution in [-0.4, -0.2) is 0 Å². The van der Waals surface area contributed by atoms with Gasteiger partial charge in [-0.1, -0.05) is 50.2 Å².